The fourth-order valence-electron chi connectivity index (χ4n) is 3.41. The normalized spacial score (nSPS) is 28.6. The van der Waals surface area contributed by atoms with Crippen LogP contribution < -0.4 is 5.32 Å². The molecule has 0 spiro atoms. The van der Waals surface area contributed by atoms with Crippen LogP contribution >= 0.6 is 0 Å². The molecule has 1 aliphatic heterocycles. The fourth-order valence-corrected chi connectivity index (χ4v) is 3.41. The molecule has 0 aromatic carbocycles. The smallest absolute Gasteiger partial charge is 0.409 e. The number of amides is 1. The van der Waals surface area contributed by atoms with Crippen LogP contribution in [0.3, 0.4) is 0 Å². The molecule has 0 aromatic rings. The van der Waals surface area contributed by atoms with Crippen molar-refractivity contribution in [3.63, 3.8) is 0 Å². The average molecular weight is 268 g/mol. The highest BCUT2D eigenvalue weighted by Gasteiger charge is 2.29. The Morgan fingerprint density at radius 1 is 1.32 bits per heavy atom. The lowest BCUT2D eigenvalue weighted by atomic mass is 9.95. The zero-order valence-electron chi connectivity index (χ0n) is 12.4. The van der Waals surface area contributed by atoms with Crippen molar-refractivity contribution >= 4 is 6.09 Å². The Kier molecular flexibility index (Phi) is 5.49. The fraction of sp³-hybridized carbons (Fsp3) is 0.933. The van der Waals surface area contributed by atoms with Crippen LogP contribution in [0.15, 0.2) is 0 Å². The number of hydrogen-bond donors (Lipinski definition) is 1. The molecule has 4 heteroatoms. The minimum atomic E-state index is -0.151. The van der Waals surface area contributed by atoms with E-state index in [1.165, 1.54) is 32.1 Å². The number of carbonyl (C=O) groups excluding carboxylic acids is 1. The molecule has 0 radical (unpaired) electrons. The third-order valence-electron chi connectivity index (χ3n) is 4.36. The Balaban J connectivity index is 1.77. The van der Waals surface area contributed by atoms with E-state index in [1.807, 2.05) is 11.8 Å². The summed E-state index contributed by atoms with van der Waals surface area (Å²) in [6.07, 6.45) is 6.54. The van der Waals surface area contributed by atoms with Gasteiger partial charge < -0.3 is 15.0 Å². The Hall–Kier alpha value is -0.770. The first-order chi connectivity index (χ1) is 9.19. The van der Waals surface area contributed by atoms with Gasteiger partial charge in [-0.25, -0.2) is 4.79 Å². The van der Waals surface area contributed by atoms with Crippen molar-refractivity contribution in [2.24, 2.45) is 11.8 Å². The summed E-state index contributed by atoms with van der Waals surface area (Å²) >= 11 is 0. The van der Waals surface area contributed by atoms with Gasteiger partial charge in [0.25, 0.3) is 0 Å². The molecular formula is C15H28N2O2. The van der Waals surface area contributed by atoms with Crippen LogP contribution in [0.5, 0.6) is 0 Å². The second-order valence-corrected chi connectivity index (χ2v) is 6.20. The lowest BCUT2D eigenvalue weighted by molar-refractivity contribution is 0.0809. The number of nitrogens with zero attached hydrogens (tertiary/aromatic N) is 1. The largest absolute Gasteiger partial charge is 0.450 e. The Bertz CT molecular complexity index is 290. The van der Waals surface area contributed by atoms with E-state index in [1.54, 1.807) is 0 Å². The standard InChI is InChI=1S/C15H28N2O2/c1-3-19-15(18)17-10-12(2)8-14(11-17)16-9-13-6-4-5-7-13/h12-14,16H,3-11H2,1-2H3. The van der Waals surface area contributed by atoms with Crippen molar-refractivity contribution in [1.29, 1.82) is 0 Å². The summed E-state index contributed by atoms with van der Waals surface area (Å²) in [6.45, 7) is 7.30. The van der Waals surface area contributed by atoms with E-state index in [2.05, 4.69) is 12.2 Å². The molecular weight excluding hydrogens is 240 g/mol. The average Bonchev–Trinajstić information content (AvgIpc) is 2.89. The molecule has 2 atom stereocenters. The van der Waals surface area contributed by atoms with Gasteiger partial charge in [0.15, 0.2) is 0 Å². The molecule has 0 bridgehead atoms. The number of likely N-dealkylation sites (tertiary alicyclic amines) is 1. The van der Waals surface area contributed by atoms with Crippen LogP contribution in [0, 0.1) is 11.8 Å². The monoisotopic (exact) mass is 268 g/mol. The first kappa shape index (κ1) is 14.6. The van der Waals surface area contributed by atoms with Crippen LogP contribution in [0.1, 0.15) is 46.0 Å². The minimum Gasteiger partial charge on any atom is -0.450 e. The van der Waals surface area contributed by atoms with Gasteiger partial charge in [-0.15, -0.1) is 0 Å². The van der Waals surface area contributed by atoms with Gasteiger partial charge in [-0.05, 0) is 44.6 Å². The summed E-state index contributed by atoms with van der Waals surface area (Å²) < 4.78 is 5.12. The van der Waals surface area contributed by atoms with Crippen molar-refractivity contribution in [3.8, 4) is 0 Å². The maximum Gasteiger partial charge on any atom is 0.409 e. The van der Waals surface area contributed by atoms with E-state index < -0.39 is 0 Å². The van der Waals surface area contributed by atoms with Gasteiger partial charge in [0.05, 0.1) is 6.61 Å². The highest BCUT2D eigenvalue weighted by molar-refractivity contribution is 5.67. The summed E-state index contributed by atoms with van der Waals surface area (Å²) in [5.41, 5.74) is 0. The molecule has 19 heavy (non-hydrogen) atoms. The van der Waals surface area contributed by atoms with E-state index >= 15 is 0 Å². The van der Waals surface area contributed by atoms with Gasteiger partial charge in [0, 0.05) is 19.1 Å². The quantitative estimate of drug-likeness (QED) is 0.852. The van der Waals surface area contributed by atoms with Crippen molar-refractivity contribution in [2.75, 3.05) is 26.2 Å². The summed E-state index contributed by atoms with van der Waals surface area (Å²) in [7, 11) is 0. The number of nitrogens with one attached hydrogen (secondary N) is 1. The molecule has 1 heterocycles. The molecule has 2 rings (SSSR count). The lowest BCUT2D eigenvalue weighted by Crippen LogP contribution is -2.51. The van der Waals surface area contributed by atoms with Gasteiger partial charge in [-0.1, -0.05) is 19.8 Å². The first-order valence-corrected chi connectivity index (χ1v) is 7.84. The number of hydrogen-bond acceptors (Lipinski definition) is 3. The molecule has 1 N–H and O–H groups in total. The van der Waals surface area contributed by atoms with Crippen molar-refractivity contribution in [2.45, 2.75) is 52.0 Å². The summed E-state index contributed by atoms with van der Waals surface area (Å²) in [6, 6.07) is 0.439. The summed E-state index contributed by atoms with van der Waals surface area (Å²) in [4.78, 5) is 13.7. The second-order valence-electron chi connectivity index (χ2n) is 6.20. The molecule has 1 aliphatic carbocycles. The molecule has 110 valence electrons. The zero-order valence-corrected chi connectivity index (χ0v) is 12.4. The number of piperidine rings is 1. The Morgan fingerprint density at radius 3 is 2.74 bits per heavy atom. The van der Waals surface area contributed by atoms with E-state index in [0.29, 0.717) is 18.6 Å². The van der Waals surface area contributed by atoms with E-state index in [0.717, 1.165) is 25.6 Å². The highest BCUT2D eigenvalue weighted by Crippen LogP contribution is 2.24. The third kappa shape index (κ3) is 4.37. The summed E-state index contributed by atoms with van der Waals surface area (Å²) in [5.74, 6) is 1.41. The van der Waals surface area contributed by atoms with Crippen LogP contribution in [0.2, 0.25) is 0 Å². The Labute approximate surface area is 116 Å². The minimum absolute atomic E-state index is 0.151. The molecule has 4 nitrogen and oxygen atoms in total. The van der Waals surface area contributed by atoms with E-state index in [-0.39, 0.29) is 6.09 Å². The number of rotatable bonds is 4. The molecule has 2 aliphatic rings. The van der Waals surface area contributed by atoms with Gasteiger partial charge in [-0.3, -0.25) is 0 Å². The molecule has 1 amide bonds. The molecule has 1 saturated heterocycles. The van der Waals surface area contributed by atoms with Crippen LogP contribution in [0.25, 0.3) is 0 Å². The van der Waals surface area contributed by atoms with Crippen molar-refractivity contribution in [1.82, 2.24) is 10.2 Å². The van der Waals surface area contributed by atoms with Crippen molar-refractivity contribution < 1.29 is 9.53 Å². The third-order valence-corrected chi connectivity index (χ3v) is 4.36. The maximum atomic E-state index is 11.8. The van der Waals surface area contributed by atoms with Crippen LogP contribution in [-0.2, 0) is 4.74 Å². The van der Waals surface area contributed by atoms with E-state index in [9.17, 15) is 4.79 Å². The van der Waals surface area contributed by atoms with Crippen LogP contribution in [-0.4, -0.2) is 43.3 Å². The predicted molar refractivity (Wildman–Crippen MR) is 76.1 cm³/mol. The van der Waals surface area contributed by atoms with Gasteiger partial charge in [0.2, 0.25) is 0 Å². The topological polar surface area (TPSA) is 41.6 Å². The summed E-state index contributed by atoms with van der Waals surface area (Å²) in [5, 5.41) is 3.67. The van der Waals surface area contributed by atoms with E-state index in [4.69, 9.17) is 4.74 Å². The second kappa shape index (κ2) is 7.13. The lowest BCUT2D eigenvalue weighted by Gasteiger charge is -2.36. The number of ether oxygens (including phenoxy) is 1. The molecule has 1 saturated carbocycles. The predicted octanol–water partition coefficient (Wildman–Crippen LogP) is 2.63. The molecule has 2 fully saturated rings. The van der Waals surface area contributed by atoms with Gasteiger partial charge in [0.1, 0.15) is 0 Å². The maximum absolute atomic E-state index is 11.8. The number of carbonyl (C=O) groups is 1. The first-order valence-electron chi connectivity index (χ1n) is 7.84. The SMILES string of the molecule is CCOC(=O)N1CC(C)CC(NCC2CCCC2)C1. The molecule has 2 unspecified atom stereocenters. The van der Waals surface area contributed by atoms with Crippen LogP contribution in [0.4, 0.5) is 4.79 Å². The van der Waals surface area contributed by atoms with Gasteiger partial charge >= 0.3 is 6.09 Å². The zero-order chi connectivity index (χ0) is 13.7. The highest BCUT2D eigenvalue weighted by atomic mass is 16.6. The van der Waals surface area contributed by atoms with Gasteiger partial charge in [-0.2, -0.15) is 0 Å². The Morgan fingerprint density at radius 2 is 2.05 bits per heavy atom. The molecule has 0 aromatic heterocycles. The van der Waals surface area contributed by atoms with Crippen molar-refractivity contribution in [3.05, 3.63) is 0 Å².